The molecule has 0 bridgehead atoms. The molecular formula is C17H15N5O2S. The van der Waals surface area contributed by atoms with Crippen LogP contribution in [0.3, 0.4) is 0 Å². The van der Waals surface area contributed by atoms with Crippen molar-refractivity contribution >= 4 is 28.2 Å². The van der Waals surface area contributed by atoms with Gasteiger partial charge in [0.1, 0.15) is 0 Å². The maximum Gasteiger partial charge on any atom is 0.339 e. The number of carboxylic acid groups (broad SMARTS) is 1. The molecule has 4 heterocycles. The molecule has 0 aliphatic carbocycles. The molecule has 0 aromatic carbocycles. The summed E-state index contributed by atoms with van der Waals surface area (Å²) < 4.78 is 0. The van der Waals surface area contributed by atoms with E-state index in [-0.39, 0.29) is 5.56 Å². The highest BCUT2D eigenvalue weighted by atomic mass is 32.1. The Hall–Kier alpha value is -3.13. The van der Waals surface area contributed by atoms with Crippen molar-refractivity contribution in [3.8, 4) is 10.8 Å². The zero-order valence-corrected chi connectivity index (χ0v) is 14.4. The van der Waals surface area contributed by atoms with Crippen molar-refractivity contribution in [3.05, 3.63) is 59.3 Å². The maximum absolute atomic E-state index is 10.8. The summed E-state index contributed by atoms with van der Waals surface area (Å²) in [5.41, 5.74) is 2.62. The Morgan fingerprint density at radius 3 is 2.68 bits per heavy atom. The summed E-state index contributed by atoms with van der Waals surface area (Å²) in [5.74, 6) is -0.542. The van der Waals surface area contributed by atoms with Crippen LogP contribution in [-0.4, -0.2) is 36.0 Å². The number of thiazole rings is 1. The number of hydrogen-bond acceptors (Lipinski definition) is 6. The summed E-state index contributed by atoms with van der Waals surface area (Å²) >= 11 is 1.44. The van der Waals surface area contributed by atoms with Gasteiger partial charge < -0.3 is 10.1 Å². The first-order chi connectivity index (χ1) is 12.0. The van der Waals surface area contributed by atoms with Crippen LogP contribution in [0.2, 0.25) is 0 Å². The van der Waals surface area contributed by atoms with Crippen LogP contribution in [0.15, 0.2) is 42.3 Å². The number of H-pyrrole nitrogens is 1. The number of pyridine rings is 1. The smallest absolute Gasteiger partial charge is 0.339 e. The number of aryl methyl sites for hydroxylation is 2. The van der Waals surface area contributed by atoms with Gasteiger partial charge in [0.25, 0.3) is 0 Å². The van der Waals surface area contributed by atoms with E-state index in [1.54, 1.807) is 13.1 Å². The van der Waals surface area contributed by atoms with Gasteiger partial charge in [-0.1, -0.05) is 0 Å². The molecule has 0 amide bonds. The van der Waals surface area contributed by atoms with Crippen molar-refractivity contribution in [2.24, 2.45) is 0 Å². The lowest BCUT2D eigenvalue weighted by Gasteiger charge is -2.00. The molecule has 0 spiro atoms. The number of aromatic carboxylic acids is 1. The second-order valence-corrected chi connectivity index (χ2v) is 6.09. The van der Waals surface area contributed by atoms with Gasteiger partial charge in [-0.15, -0.1) is 11.3 Å². The number of fused-ring (bicyclic) bond motifs is 1. The normalized spacial score (nSPS) is 10.3. The molecule has 25 heavy (non-hydrogen) atoms. The first-order valence-electron chi connectivity index (χ1n) is 7.41. The van der Waals surface area contributed by atoms with E-state index < -0.39 is 5.97 Å². The lowest BCUT2D eigenvalue weighted by atomic mass is 10.2. The molecule has 0 radical (unpaired) electrons. The van der Waals surface area contributed by atoms with Gasteiger partial charge in [-0.05, 0) is 26.0 Å². The molecule has 8 heteroatoms. The van der Waals surface area contributed by atoms with Crippen LogP contribution >= 0.6 is 11.3 Å². The third-order valence-corrected chi connectivity index (χ3v) is 4.33. The van der Waals surface area contributed by atoms with Gasteiger partial charge in [0, 0.05) is 46.8 Å². The summed E-state index contributed by atoms with van der Waals surface area (Å²) in [5, 5.41) is 12.6. The van der Waals surface area contributed by atoms with Crippen molar-refractivity contribution in [1.82, 2.24) is 24.9 Å². The highest BCUT2D eigenvalue weighted by Crippen LogP contribution is 2.20. The van der Waals surface area contributed by atoms with Crippen molar-refractivity contribution in [2.75, 3.05) is 0 Å². The second kappa shape index (κ2) is 7.18. The largest absolute Gasteiger partial charge is 0.478 e. The highest BCUT2D eigenvalue weighted by molar-refractivity contribution is 7.13. The van der Waals surface area contributed by atoms with E-state index in [1.807, 2.05) is 36.8 Å². The van der Waals surface area contributed by atoms with Crippen molar-refractivity contribution in [2.45, 2.75) is 13.8 Å². The van der Waals surface area contributed by atoms with E-state index >= 15 is 0 Å². The molecule has 2 N–H and O–H groups in total. The van der Waals surface area contributed by atoms with E-state index in [0.717, 1.165) is 16.6 Å². The SMILES string of the molecule is Cc1csc(-c2ncc(C(=O)O)c(C)n2)n1.c1cc2[nH]ccc2cn1. The molecule has 126 valence electrons. The number of carboxylic acids is 1. The van der Waals surface area contributed by atoms with Gasteiger partial charge in [0.2, 0.25) is 0 Å². The van der Waals surface area contributed by atoms with Crippen LogP contribution in [-0.2, 0) is 0 Å². The van der Waals surface area contributed by atoms with Gasteiger partial charge in [-0.25, -0.2) is 19.7 Å². The Bertz CT molecular complexity index is 994. The van der Waals surface area contributed by atoms with E-state index in [9.17, 15) is 4.79 Å². The molecule has 0 atom stereocenters. The third kappa shape index (κ3) is 3.86. The molecule has 0 unspecified atom stereocenters. The summed E-state index contributed by atoms with van der Waals surface area (Å²) in [6.07, 6.45) is 6.84. The standard InChI is InChI=1S/C10H9N3O2S.C7H6N2/c1-5-4-16-9(12-5)8-11-3-7(10(14)15)6(2)13-8;1-4-9-7-2-3-8-5-6(1)7/h3-4H,1-2H3,(H,14,15);1-5,9H. The minimum absolute atomic E-state index is 0.122. The molecule has 7 nitrogen and oxygen atoms in total. The van der Waals surface area contributed by atoms with Gasteiger partial charge in [0.05, 0.1) is 11.3 Å². The van der Waals surface area contributed by atoms with Gasteiger partial charge in [0.15, 0.2) is 10.8 Å². The topological polar surface area (TPSA) is 105 Å². The van der Waals surface area contributed by atoms with Gasteiger partial charge >= 0.3 is 5.97 Å². The number of hydrogen-bond donors (Lipinski definition) is 2. The lowest BCUT2D eigenvalue weighted by molar-refractivity contribution is 0.0695. The van der Waals surface area contributed by atoms with E-state index in [0.29, 0.717) is 16.5 Å². The number of carbonyl (C=O) groups is 1. The van der Waals surface area contributed by atoms with E-state index in [1.165, 1.54) is 17.5 Å². The highest BCUT2D eigenvalue weighted by Gasteiger charge is 2.12. The molecule has 0 saturated carbocycles. The van der Waals surface area contributed by atoms with Crippen molar-refractivity contribution < 1.29 is 9.90 Å². The summed E-state index contributed by atoms with van der Waals surface area (Å²) in [6, 6.07) is 3.96. The van der Waals surface area contributed by atoms with Crippen molar-refractivity contribution in [1.29, 1.82) is 0 Å². The molecule has 0 aliphatic rings. The van der Waals surface area contributed by atoms with Gasteiger partial charge in [-0.2, -0.15) is 0 Å². The van der Waals surface area contributed by atoms with Crippen LogP contribution in [0.25, 0.3) is 21.7 Å². The molecular weight excluding hydrogens is 338 g/mol. The Morgan fingerprint density at radius 2 is 2.04 bits per heavy atom. The summed E-state index contributed by atoms with van der Waals surface area (Å²) in [7, 11) is 0. The van der Waals surface area contributed by atoms with E-state index in [2.05, 4.69) is 24.9 Å². The van der Waals surface area contributed by atoms with Crippen LogP contribution in [0.4, 0.5) is 0 Å². The number of nitrogens with one attached hydrogen (secondary N) is 1. The average Bonchev–Trinajstić information content (AvgIpc) is 3.23. The number of rotatable bonds is 2. The molecule has 4 aromatic rings. The quantitative estimate of drug-likeness (QED) is 0.572. The molecule has 4 rings (SSSR count). The number of nitrogens with zero attached hydrogens (tertiary/aromatic N) is 4. The third-order valence-electron chi connectivity index (χ3n) is 3.37. The summed E-state index contributed by atoms with van der Waals surface area (Å²) in [6.45, 7) is 3.54. The fourth-order valence-electron chi connectivity index (χ4n) is 2.13. The minimum Gasteiger partial charge on any atom is -0.478 e. The number of aromatic nitrogens is 5. The fraction of sp³-hybridized carbons (Fsp3) is 0.118. The lowest BCUT2D eigenvalue weighted by Crippen LogP contribution is -2.04. The maximum atomic E-state index is 10.8. The number of aromatic amines is 1. The predicted molar refractivity (Wildman–Crippen MR) is 95.7 cm³/mol. The molecule has 0 aliphatic heterocycles. The second-order valence-electron chi connectivity index (χ2n) is 5.23. The summed E-state index contributed by atoms with van der Waals surface area (Å²) in [4.78, 5) is 30.2. The van der Waals surface area contributed by atoms with Crippen LogP contribution < -0.4 is 0 Å². The van der Waals surface area contributed by atoms with Crippen molar-refractivity contribution in [3.63, 3.8) is 0 Å². The first-order valence-corrected chi connectivity index (χ1v) is 8.29. The average molecular weight is 353 g/mol. The molecule has 0 saturated heterocycles. The molecule has 0 fully saturated rings. The Labute approximate surface area is 147 Å². The van der Waals surface area contributed by atoms with Crippen LogP contribution in [0.1, 0.15) is 21.7 Å². The Morgan fingerprint density at radius 1 is 1.20 bits per heavy atom. The zero-order chi connectivity index (χ0) is 17.8. The van der Waals surface area contributed by atoms with Crippen LogP contribution in [0.5, 0.6) is 0 Å². The zero-order valence-electron chi connectivity index (χ0n) is 13.6. The minimum atomic E-state index is -1.01. The monoisotopic (exact) mass is 353 g/mol. The van der Waals surface area contributed by atoms with Crippen LogP contribution in [0, 0.1) is 13.8 Å². The van der Waals surface area contributed by atoms with Gasteiger partial charge in [-0.3, -0.25) is 4.98 Å². The van der Waals surface area contributed by atoms with E-state index in [4.69, 9.17) is 5.11 Å². The molecule has 4 aromatic heterocycles. The Balaban J connectivity index is 0.000000170. The predicted octanol–water partition coefficient (Wildman–Crippen LogP) is 3.48. The fourth-order valence-corrected chi connectivity index (χ4v) is 2.86. The first kappa shape index (κ1) is 16.7. The Kier molecular flexibility index (Phi) is 4.80.